The summed E-state index contributed by atoms with van der Waals surface area (Å²) in [4.78, 5) is 15.7. The van der Waals surface area contributed by atoms with E-state index < -0.39 is 0 Å². The van der Waals surface area contributed by atoms with E-state index in [-0.39, 0.29) is 11.9 Å². The molecule has 1 unspecified atom stereocenters. The molecule has 2 N–H and O–H groups in total. The number of ether oxygens (including phenoxy) is 1. The zero-order chi connectivity index (χ0) is 13.1. The lowest BCUT2D eigenvalue weighted by Crippen LogP contribution is -2.57. The normalized spacial score (nSPS) is 20.2. The maximum atomic E-state index is 11.9. The van der Waals surface area contributed by atoms with Crippen LogP contribution >= 0.6 is 0 Å². The predicted molar refractivity (Wildman–Crippen MR) is 70.8 cm³/mol. The molecule has 5 nitrogen and oxygen atoms in total. The van der Waals surface area contributed by atoms with E-state index in [1.54, 1.807) is 12.0 Å². The van der Waals surface area contributed by atoms with Crippen molar-refractivity contribution < 1.29 is 9.53 Å². The molecule has 1 aliphatic heterocycles. The van der Waals surface area contributed by atoms with Crippen LogP contribution in [-0.4, -0.2) is 50.6 Å². The maximum absolute atomic E-state index is 11.9. The quantitative estimate of drug-likeness (QED) is 0.837. The van der Waals surface area contributed by atoms with Gasteiger partial charge in [-0.05, 0) is 12.1 Å². The third-order valence-electron chi connectivity index (χ3n) is 3.39. The number of nitrogens with zero attached hydrogens (tertiary/aromatic N) is 2. The minimum absolute atomic E-state index is 0.0671. The molecule has 0 aliphatic carbocycles. The Hall–Kier alpha value is -1.75. The van der Waals surface area contributed by atoms with Crippen LogP contribution in [0.2, 0.25) is 0 Å². The molecule has 1 aromatic carbocycles. The molecule has 1 aliphatic rings. The van der Waals surface area contributed by atoms with Gasteiger partial charge in [-0.1, -0.05) is 6.07 Å². The molecular formula is C13H19N3O2. The van der Waals surface area contributed by atoms with Gasteiger partial charge in [0.05, 0.1) is 19.7 Å². The van der Waals surface area contributed by atoms with Gasteiger partial charge in [-0.2, -0.15) is 0 Å². The molecule has 1 atom stereocenters. The number of hydrogen-bond acceptors (Lipinski definition) is 4. The van der Waals surface area contributed by atoms with Crippen LogP contribution in [0.4, 0.5) is 5.69 Å². The molecule has 0 aromatic heterocycles. The Bertz CT molecular complexity index is 436. The van der Waals surface area contributed by atoms with E-state index in [4.69, 9.17) is 10.5 Å². The average molecular weight is 249 g/mol. The number of benzene rings is 1. The lowest BCUT2D eigenvalue weighted by atomic mass is 10.1. The first-order chi connectivity index (χ1) is 8.65. The van der Waals surface area contributed by atoms with E-state index >= 15 is 0 Å². The molecule has 0 spiro atoms. The van der Waals surface area contributed by atoms with Crippen LogP contribution in [0.3, 0.4) is 0 Å². The fourth-order valence-electron chi connectivity index (χ4n) is 2.16. The van der Waals surface area contributed by atoms with Crippen LogP contribution in [0.25, 0.3) is 0 Å². The van der Waals surface area contributed by atoms with Crippen LogP contribution in [-0.2, 0) is 4.79 Å². The molecule has 1 aromatic rings. The van der Waals surface area contributed by atoms with Crippen molar-refractivity contribution in [3.05, 3.63) is 24.3 Å². The SMILES string of the molecule is COc1cccc(N2CC(=O)N(C)C(CN)C2)c1. The summed E-state index contributed by atoms with van der Waals surface area (Å²) >= 11 is 0. The van der Waals surface area contributed by atoms with Crippen molar-refractivity contribution in [1.82, 2.24) is 4.90 Å². The van der Waals surface area contributed by atoms with E-state index in [2.05, 4.69) is 0 Å². The van der Waals surface area contributed by atoms with Gasteiger partial charge in [0.25, 0.3) is 0 Å². The van der Waals surface area contributed by atoms with Crippen LogP contribution < -0.4 is 15.4 Å². The van der Waals surface area contributed by atoms with Crippen molar-refractivity contribution in [1.29, 1.82) is 0 Å². The Labute approximate surface area is 107 Å². The molecule has 18 heavy (non-hydrogen) atoms. The zero-order valence-electron chi connectivity index (χ0n) is 10.8. The predicted octanol–water partition coefficient (Wildman–Crippen LogP) is 0.301. The second kappa shape index (κ2) is 5.27. The van der Waals surface area contributed by atoms with Crippen molar-refractivity contribution in [2.24, 2.45) is 5.73 Å². The highest BCUT2D eigenvalue weighted by Crippen LogP contribution is 2.23. The number of hydrogen-bond donors (Lipinski definition) is 1. The van der Waals surface area contributed by atoms with Crippen LogP contribution in [0.15, 0.2) is 24.3 Å². The number of carbonyl (C=O) groups excluding carboxylic acids is 1. The standard InChI is InChI=1S/C13H19N3O2/c1-15-11(7-14)8-16(9-13(15)17)10-4-3-5-12(6-10)18-2/h3-6,11H,7-9,14H2,1-2H3. The minimum Gasteiger partial charge on any atom is -0.497 e. The van der Waals surface area contributed by atoms with Crippen LogP contribution in [0, 0.1) is 0 Å². The van der Waals surface area contributed by atoms with Gasteiger partial charge in [-0.15, -0.1) is 0 Å². The number of methoxy groups -OCH3 is 1. The molecule has 2 rings (SSSR count). The van der Waals surface area contributed by atoms with E-state index in [0.717, 1.165) is 18.0 Å². The van der Waals surface area contributed by atoms with Gasteiger partial charge in [0.15, 0.2) is 0 Å². The van der Waals surface area contributed by atoms with Gasteiger partial charge in [0, 0.05) is 31.9 Å². The van der Waals surface area contributed by atoms with Gasteiger partial charge in [-0.25, -0.2) is 0 Å². The summed E-state index contributed by atoms with van der Waals surface area (Å²) in [6.45, 7) is 1.62. The van der Waals surface area contributed by atoms with Crippen LogP contribution in [0.5, 0.6) is 5.75 Å². The molecule has 0 bridgehead atoms. The number of piperazine rings is 1. The third-order valence-corrected chi connectivity index (χ3v) is 3.39. The first-order valence-corrected chi connectivity index (χ1v) is 6.00. The van der Waals surface area contributed by atoms with Gasteiger partial charge in [-0.3, -0.25) is 4.79 Å². The summed E-state index contributed by atoms with van der Waals surface area (Å²) in [5.74, 6) is 0.891. The van der Waals surface area contributed by atoms with Gasteiger partial charge < -0.3 is 20.3 Å². The highest BCUT2D eigenvalue weighted by molar-refractivity contribution is 5.83. The Morgan fingerprint density at radius 3 is 2.94 bits per heavy atom. The molecule has 0 radical (unpaired) electrons. The number of anilines is 1. The summed E-state index contributed by atoms with van der Waals surface area (Å²) in [5.41, 5.74) is 6.70. The molecule has 98 valence electrons. The van der Waals surface area contributed by atoms with E-state index in [1.807, 2.05) is 36.2 Å². The first-order valence-electron chi connectivity index (χ1n) is 6.00. The number of nitrogens with two attached hydrogens (primary N) is 1. The fraction of sp³-hybridized carbons (Fsp3) is 0.462. The molecule has 0 saturated carbocycles. The second-order valence-electron chi connectivity index (χ2n) is 4.48. The highest BCUT2D eigenvalue weighted by Gasteiger charge is 2.29. The van der Waals surface area contributed by atoms with Gasteiger partial charge in [0.2, 0.25) is 5.91 Å². The first kappa shape index (κ1) is 12.7. The summed E-state index contributed by atoms with van der Waals surface area (Å²) in [7, 11) is 3.44. The van der Waals surface area contributed by atoms with Gasteiger partial charge >= 0.3 is 0 Å². The lowest BCUT2D eigenvalue weighted by molar-refractivity contribution is -0.131. The number of carbonyl (C=O) groups is 1. The minimum atomic E-state index is 0.0671. The Balaban J connectivity index is 2.20. The molecule has 1 heterocycles. The monoisotopic (exact) mass is 249 g/mol. The Morgan fingerprint density at radius 2 is 2.28 bits per heavy atom. The van der Waals surface area contributed by atoms with Crippen molar-refractivity contribution in [3.8, 4) is 5.75 Å². The number of amides is 1. The number of rotatable bonds is 3. The highest BCUT2D eigenvalue weighted by atomic mass is 16.5. The third kappa shape index (κ3) is 2.41. The fourth-order valence-corrected chi connectivity index (χ4v) is 2.16. The molecule has 1 amide bonds. The van der Waals surface area contributed by atoms with E-state index in [9.17, 15) is 4.79 Å². The molecule has 5 heteroatoms. The smallest absolute Gasteiger partial charge is 0.242 e. The summed E-state index contributed by atoms with van der Waals surface area (Å²) in [6.07, 6.45) is 0. The van der Waals surface area contributed by atoms with Crippen molar-refractivity contribution in [3.63, 3.8) is 0 Å². The van der Waals surface area contributed by atoms with Crippen molar-refractivity contribution in [2.75, 3.05) is 38.7 Å². The molecule has 1 saturated heterocycles. The van der Waals surface area contributed by atoms with E-state index in [0.29, 0.717) is 13.1 Å². The molecule has 1 fully saturated rings. The zero-order valence-corrected chi connectivity index (χ0v) is 10.8. The summed E-state index contributed by atoms with van der Waals surface area (Å²) in [5, 5.41) is 0. The summed E-state index contributed by atoms with van der Waals surface area (Å²) in [6, 6.07) is 7.80. The van der Waals surface area contributed by atoms with Crippen molar-refractivity contribution >= 4 is 11.6 Å². The molecular weight excluding hydrogens is 230 g/mol. The van der Waals surface area contributed by atoms with Gasteiger partial charge in [0.1, 0.15) is 5.75 Å². The van der Waals surface area contributed by atoms with Crippen molar-refractivity contribution in [2.45, 2.75) is 6.04 Å². The Morgan fingerprint density at radius 1 is 1.50 bits per heavy atom. The maximum Gasteiger partial charge on any atom is 0.242 e. The summed E-state index contributed by atoms with van der Waals surface area (Å²) < 4.78 is 5.20. The largest absolute Gasteiger partial charge is 0.497 e. The average Bonchev–Trinajstić information content (AvgIpc) is 2.41. The Kier molecular flexibility index (Phi) is 3.72. The van der Waals surface area contributed by atoms with E-state index in [1.165, 1.54) is 0 Å². The topological polar surface area (TPSA) is 58.8 Å². The second-order valence-corrected chi connectivity index (χ2v) is 4.48. The lowest BCUT2D eigenvalue weighted by Gasteiger charge is -2.39. The number of likely N-dealkylation sites (N-methyl/N-ethyl adjacent to an activating group) is 1. The van der Waals surface area contributed by atoms with Crippen LogP contribution in [0.1, 0.15) is 0 Å².